The maximum atomic E-state index is 10.7. The molecule has 0 aliphatic rings. The Labute approximate surface area is 88.8 Å². The molecule has 0 spiro atoms. The summed E-state index contributed by atoms with van der Waals surface area (Å²) in [6.07, 6.45) is 0. The average Bonchev–Trinajstić information content (AvgIpc) is 2.03. The number of rotatable bonds is 2. The van der Waals surface area contributed by atoms with Crippen molar-refractivity contribution in [2.45, 2.75) is 4.90 Å². The van der Waals surface area contributed by atoms with Crippen LogP contribution in [0.1, 0.15) is 0 Å². The molecule has 0 atom stereocenters. The minimum absolute atomic E-state index is 0.0269. The lowest BCUT2D eigenvalue weighted by Gasteiger charge is -2.03. The van der Waals surface area contributed by atoms with Crippen molar-refractivity contribution < 1.29 is 21.1 Å². The first kappa shape index (κ1) is 10.5. The van der Waals surface area contributed by atoms with Gasteiger partial charge in [-0.05, 0) is 12.1 Å². The Morgan fingerprint density at radius 1 is 1.38 bits per heavy atom. The van der Waals surface area contributed by atoms with Crippen LogP contribution >= 0.6 is 23.0 Å². The Kier molecular flexibility index (Phi) is 2.98. The van der Waals surface area contributed by atoms with Crippen LogP contribution in [0.4, 0.5) is 0 Å². The molecule has 0 aliphatic carbocycles. The molecule has 0 unspecified atom stereocenters. The Morgan fingerprint density at radius 3 is 2.46 bits per heavy atom. The molecule has 7 heteroatoms. The first-order chi connectivity index (χ1) is 5.95. The fourth-order valence-electron chi connectivity index (χ4n) is 0.762. The third kappa shape index (κ3) is 2.45. The van der Waals surface area contributed by atoms with Crippen LogP contribution < -0.4 is 3.07 Å². The molecule has 0 saturated carbocycles. The molecule has 0 aromatic heterocycles. The van der Waals surface area contributed by atoms with Gasteiger partial charge < -0.3 is 8.17 Å². The Morgan fingerprint density at radius 2 is 2.00 bits per heavy atom. The Bertz CT molecular complexity index is 413. The quantitative estimate of drug-likeness (QED) is 0.636. The highest BCUT2D eigenvalue weighted by Crippen LogP contribution is 2.28. The van der Waals surface area contributed by atoms with E-state index in [1.165, 1.54) is 35.1 Å². The standard InChI is InChI=1S/C6H5IO5S/c7-12-5-2-1-4(8)3-6(5)13(9,10)11/h1-3,8H,(H,9,10,11). The molecule has 1 rings (SSSR count). The van der Waals surface area contributed by atoms with E-state index in [0.717, 1.165) is 6.07 Å². The first-order valence-corrected chi connectivity index (χ1v) is 5.36. The summed E-state index contributed by atoms with van der Waals surface area (Å²) in [4.78, 5) is -0.457. The molecular weight excluding hydrogens is 311 g/mol. The van der Waals surface area contributed by atoms with Crippen molar-refractivity contribution in [3.8, 4) is 11.5 Å². The monoisotopic (exact) mass is 316 g/mol. The van der Waals surface area contributed by atoms with Crippen LogP contribution in [0.25, 0.3) is 0 Å². The molecule has 0 amide bonds. The molecule has 0 aliphatic heterocycles. The number of phenols is 1. The third-order valence-electron chi connectivity index (χ3n) is 1.29. The summed E-state index contributed by atoms with van der Waals surface area (Å²) in [6.45, 7) is 0. The van der Waals surface area contributed by atoms with E-state index >= 15 is 0 Å². The zero-order valence-electron chi connectivity index (χ0n) is 6.14. The van der Waals surface area contributed by atoms with Crippen LogP contribution in [0.5, 0.6) is 11.5 Å². The van der Waals surface area contributed by atoms with Crippen molar-refractivity contribution in [1.82, 2.24) is 0 Å². The van der Waals surface area contributed by atoms with Gasteiger partial charge in [-0.15, -0.1) is 0 Å². The summed E-state index contributed by atoms with van der Waals surface area (Å²) < 4.78 is 34.8. The lowest BCUT2D eigenvalue weighted by atomic mass is 10.3. The first-order valence-electron chi connectivity index (χ1n) is 3.04. The largest absolute Gasteiger partial charge is 0.508 e. The van der Waals surface area contributed by atoms with E-state index in [-0.39, 0.29) is 11.5 Å². The number of phenolic OH excluding ortho intramolecular Hbond substituents is 1. The topological polar surface area (TPSA) is 83.8 Å². The van der Waals surface area contributed by atoms with E-state index < -0.39 is 15.0 Å². The van der Waals surface area contributed by atoms with E-state index in [1.807, 2.05) is 0 Å². The van der Waals surface area contributed by atoms with Crippen LogP contribution in [0.3, 0.4) is 0 Å². The number of aromatic hydroxyl groups is 1. The van der Waals surface area contributed by atoms with E-state index in [4.69, 9.17) is 9.66 Å². The minimum atomic E-state index is -4.36. The molecule has 1 aromatic rings. The number of halogens is 1. The molecule has 2 N–H and O–H groups in total. The SMILES string of the molecule is O=S(=O)(O)c1cc(O)ccc1OI. The van der Waals surface area contributed by atoms with Gasteiger partial charge in [0.25, 0.3) is 10.1 Å². The van der Waals surface area contributed by atoms with Gasteiger partial charge in [0.05, 0.1) is 0 Å². The second kappa shape index (κ2) is 3.68. The van der Waals surface area contributed by atoms with E-state index in [2.05, 4.69) is 3.07 Å². The van der Waals surface area contributed by atoms with Gasteiger partial charge in [0.2, 0.25) is 0 Å². The second-order valence-corrected chi connectivity index (χ2v) is 4.01. The summed E-state index contributed by atoms with van der Waals surface area (Å²) >= 11 is 1.47. The van der Waals surface area contributed by atoms with Crippen LogP contribution in [0, 0.1) is 0 Å². The number of hydrogen-bond acceptors (Lipinski definition) is 4. The third-order valence-corrected chi connectivity index (χ3v) is 2.64. The van der Waals surface area contributed by atoms with Crippen LogP contribution in [-0.4, -0.2) is 18.1 Å². The van der Waals surface area contributed by atoms with Crippen LogP contribution in [-0.2, 0) is 10.1 Å². The summed E-state index contributed by atoms with van der Waals surface area (Å²) in [6, 6.07) is 3.40. The molecule has 5 nitrogen and oxygen atoms in total. The van der Waals surface area contributed by atoms with Crippen molar-refractivity contribution in [3.63, 3.8) is 0 Å². The highest BCUT2D eigenvalue weighted by atomic mass is 127. The van der Waals surface area contributed by atoms with E-state index in [9.17, 15) is 8.42 Å². The lowest BCUT2D eigenvalue weighted by Crippen LogP contribution is -1.99. The molecule has 0 heterocycles. The Hall–Kier alpha value is -0.540. The lowest BCUT2D eigenvalue weighted by molar-refractivity contribution is 0.463. The van der Waals surface area contributed by atoms with Crippen molar-refractivity contribution in [1.29, 1.82) is 0 Å². The van der Waals surface area contributed by atoms with E-state index in [0.29, 0.717) is 0 Å². The van der Waals surface area contributed by atoms with Gasteiger partial charge in [0.1, 0.15) is 10.6 Å². The van der Waals surface area contributed by atoms with Crippen molar-refractivity contribution in [2.75, 3.05) is 0 Å². The molecule has 0 saturated heterocycles. The molecule has 0 radical (unpaired) electrons. The summed E-state index contributed by atoms with van der Waals surface area (Å²) in [5.41, 5.74) is 0. The highest BCUT2D eigenvalue weighted by molar-refractivity contribution is 14.1. The summed E-state index contributed by atoms with van der Waals surface area (Å²) in [5.74, 6) is -0.286. The molecular formula is C6H5IO5S. The van der Waals surface area contributed by atoms with Gasteiger partial charge >= 0.3 is 0 Å². The fourth-order valence-corrected chi connectivity index (χ4v) is 1.93. The summed E-state index contributed by atoms with van der Waals surface area (Å²) in [7, 11) is -4.36. The smallest absolute Gasteiger partial charge is 0.298 e. The highest BCUT2D eigenvalue weighted by Gasteiger charge is 2.17. The van der Waals surface area contributed by atoms with Crippen LogP contribution in [0.2, 0.25) is 0 Å². The van der Waals surface area contributed by atoms with Gasteiger partial charge in [-0.25, -0.2) is 0 Å². The van der Waals surface area contributed by atoms with Gasteiger partial charge in [0, 0.05) is 6.07 Å². The van der Waals surface area contributed by atoms with Crippen molar-refractivity contribution >= 4 is 33.1 Å². The normalized spacial score (nSPS) is 11.2. The maximum Gasteiger partial charge on any atom is 0.298 e. The van der Waals surface area contributed by atoms with Crippen molar-refractivity contribution in [2.24, 2.45) is 0 Å². The zero-order valence-corrected chi connectivity index (χ0v) is 9.11. The van der Waals surface area contributed by atoms with Gasteiger partial charge in [-0.1, -0.05) is 0 Å². The van der Waals surface area contributed by atoms with Crippen molar-refractivity contribution in [3.05, 3.63) is 18.2 Å². The van der Waals surface area contributed by atoms with Gasteiger partial charge in [-0.3, -0.25) is 4.55 Å². The van der Waals surface area contributed by atoms with Gasteiger partial charge in [0.15, 0.2) is 28.8 Å². The molecule has 0 bridgehead atoms. The molecule has 1 aromatic carbocycles. The zero-order chi connectivity index (χ0) is 10.1. The Balaban J connectivity index is 3.41. The fraction of sp³-hybridized carbons (Fsp3) is 0. The average molecular weight is 316 g/mol. The number of hydrogen-bond donors (Lipinski definition) is 2. The molecule has 72 valence electrons. The van der Waals surface area contributed by atoms with Crippen LogP contribution in [0.15, 0.2) is 23.1 Å². The van der Waals surface area contributed by atoms with E-state index in [1.54, 1.807) is 0 Å². The summed E-state index contributed by atoms with van der Waals surface area (Å²) in [5, 5.41) is 8.96. The maximum absolute atomic E-state index is 10.7. The predicted octanol–water partition coefficient (Wildman–Crippen LogP) is 1.37. The minimum Gasteiger partial charge on any atom is -0.508 e. The predicted molar refractivity (Wildman–Crippen MR) is 52.6 cm³/mol. The second-order valence-electron chi connectivity index (χ2n) is 2.18. The van der Waals surface area contributed by atoms with Gasteiger partial charge in [-0.2, -0.15) is 8.42 Å². The molecule has 13 heavy (non-hydrogen) atoms. The molecule has 0 fully saturated rings. The number of benzene rings is 1.